The smallest absolute Gasteiger partial charge is 0.197 e. The monoisotopic (exact) mass is 265 g/mol. The van der Waals surface area contributed by atoms with Gasteiger partial charge in [0.25, 0.3) is 0 Å². The van der Waals surface area contributed by atoms with Crippen LogP contribution in [-0.4, -0.2) is 42.1 Å². The quantitative estimate of drug-likeness (QED) is 0.887. The highest BCUT2D eigenvalue weighted by molar-refractivity contribution is 5.02. The van der Waals surface area contributed by atoms with Crippen LogP contribution in [0.15, 0.2) is 10.6 Å². The Morgan fingerprint density at radius 2 is 2.05 bits per heavy atom. The van der Waals surface area contributed by atoms with E-state index >= 15 is 0 Å². The predicted molar refractivity (Wildman–Crippen MR) is 77.4 cm³/mol. The van der Waals surface area contributed by atoms with Crippen molar-refractivity contribution >= 4 is 0 Å². The number of piperidine rings is 1. The van der Waals surface area contributed by atoms with Crippen LogP contribution in [0.3, 0.4) is 0 Å². The average Bonchev–Trinajstić information content (AvgIpc) is 2.87. The van der Waals surface area contributed by atoms with Gasteiger partial charge < -0.3 is 14.6 Å². The van der Waals surface area contributed by atoms with Crippen LogP contribution in [0, 0.1) is 0 Å². The molecule has 1 fully saturated rings. The van der Waals surface area contributed by atoms with Gasteiger partial charge in [-0.2, -0.15) is 0 Å². The Bertz CT molecular complexity index is 380. The van der Waals surface area contributed by atoms with E-state index in [4.69, 9.17) is 4.42 Å². The number of oxazole rings is 1. The number of aromatic nitrogens is 1. The van der Waals surface area contributed by atoms with Crippen molar-refractivity contribution in [1.29, 1.82) is 0 Å². The lowest BCUT2D eigenvalue weighted by molar-refractivity contribution is 0.162. The maximum Gasteiger partial charge on any atom is 0.197 e. The summed E-state index contributed by atoms with van der Waals surface area (Å²) >= 11 is 0. The first-order valence-corrected chi connectivity index (χ1v) is 7.46. The van der Waals surface area contributed by atoms with Gasteiger partial charge in [0, 0.05) is 24.4 Å². The standard InChI is InChI=1S/C15H27N3O/c1-11(2)18-7-5-13(6-8-18)15-17-10-14(19-15)9-12(3)16-4/h10-13,16H,5-9H2,1-4H3. The summed E-state index contributed by atoms with van der Waals surface area (Å²) in [6.45, 7) is 9.01. The van der Waals surface area contributed by atoms with Crippen molar-refractivity contribution in [3.05, 3.63) is 17.8 Å². The van der Waals surface area contributed by atoms with Crippen LogP contribution in [0.25, 0.3) is 0 Å². The lowest BCUT2D eigenvalue weighted by atomic mass is 9.96. The second kappa shape index (κ2) is 6.53. The fourth-order valence-corrected chi connectivity index (χ4v) is 2.67. The van der Waals surface area contributed by atoms with Gasteiger partial charge in [-0.3, -0.25) is 0 Å². The van der Waals surface area contributed by atoms with E-state index in [0.717, 1.165) is 31.2 Å². The fourth-order valence-electron chi connectivity index (χ4n) is 2.67. The molecule has 4 nitrogen and oxygen atoms in total. The second-order valence-electron chi connectivity index (χ2n) is 5.96. The van der Waals surface area contributed by atoms with Crippen molar-refractivity contribution in [2.24, 2.45) is 0 Å². The number of likely N-dealkylation sites (tertiary alicyclic amines) is 1. The fraction of sp³-hybridized carbons (Fsp3) is 0.800. The minimum absolute atomic E-state index is 0.434. The molecule has 1 aromatic rings. The molecule has 1 aliphatic heterocycles. The van der Waals surface area contributed by atoms with Gasteiger partial charge in [0.1, 0.15) is 5.76 Å². The van der Waals surface area contributed by atoms with Gasteiger partial charge in [0.05, 0.1) is 6.20 Å². The van der Waals surface area contributed by atoms with E-state index < -0.39 is 0 Å². The maximum atomic E-state index is 5.92. The molecule has 1 saturated heterocycles. The summed E-state index contributed by atoms with van der Waals surface area (Å²) in [5.74, 6) is 2.46. The van der Waals surface area contributed by atoms with E-state index in [1.54, 1.807) is 0 Å². The molecule has 0 amide bonds. The van der Waals surface area contributed by atoms with Gasteiger partial charge in [0.2, 0.25) is 0 Å². The zero-order valence-corrected chi connectivity index (χ0v) is 12.6. The number of hydrogen-bond acceptors (Lipinski definition) is 4. The molecule has 0 bridgehead atoms. The lowest BCUT2D eigenvalue weighted by Crippen LogP contribution is -2.37. The van der Waals surface area contributed by atoms with E-state index in [2.05, 4.69) is 36.0 Å². The van der Waals surface area contributed by atoms with Crippen molar-refractivity contribution in [2.45, 2.75) is 58.0 Å². The minimum atomic E-state index is 0.434. The molecule has 0 saturated carbocycles. The molecular formula is C15H27N3O. The molecule has 2 heterocycles. The molecule has 0 aromatic carbocycles. The summed E-state index contributed by atoms with van der Waals surface area (Å²) in [7, 11) is 1.98. The first-order valence-electron chi connectivity index (χ1n) is 7.46. The Balaban J connectivity index is 1.89. The van der Waals surface area contributed by atoms with E-state index in [-0.39, 0.29) is 0 Å². The van der Waals surface area contributed by atoms with Crippen molar-refractivity contribution < 1.29 is 4.42 Å². The predicted octanol–water partition coefficient (Wildman–Crippen LogP) is 2.41. The minimum Gasteiger partial charge on any atom is -0.445 e. The maximum absolute atomic E-state index is 5.92. The zero-order chi connectivity index (χ0) is 13.8. The topological polar surface area (TPSA) is 41.3 Å². The van der Waals surface area contributed by atoms with Gasteiger partial charge in [0.15, 0.2) is 5.89 Å². The summed E-state index contributed by atoms with van der Waals surface area (Å²) in [5.41, 5.74) is 0. The summed E-state index contributed by atoms with van der Waals surface area (Å²) in [6, 6.07) is 1.08. The molecule has 19 heavy (non-hydrogen) atoms. The van der Waals surface area contributed by atoms with Crippen molar-refractivity contribution in [1.82, 2.24) is 15.2 Å². The lowest BCUT2D eigenvalue weighted by Gasteiger charge is -2.33. The van der Waals surface area contributed by atoms with Gasteiger partial charge >= 0.3 is 0 Å². The summed E-state index contributed by atoms with van der Waals surface area (Å²) in [5, 5.41) is 3.23. The van der Waals surface area contributed by atoms with E-state index in [9.17, 15) is 0 Å². The Hall–Kier alpha value is -0.870. The molecule has 0 aliphatic carbocycles. The average molecular weight is 265 g/mol. The Morgan fingerprint density at radius 3 is 2.63 bits per heavy atom. The SMILES string of the molecule is CNC(C)Cc1cnc(C2CCN(C(C)C)CC2)o1. The van der Waals surface area contributed by atoms with Crippen LogP contribution in [0.5, 0.6) is 0 Å². The molecule has 4 heteroatoms. The molecule has 2 rings (SSSR count). The number of rotatable bonds is 5. The third-order valence-electron chi connectivity index (χ3n) is 4.18. The molecular weight excluding hydrogens is 238 g/mol. The number of hydrogen-bond donors (Lipinski definition) is 1. The highest BCUT2D eigenvalue weighted by Crippen LogP contribution is 2.28. The Labute approximate surface area is 116 Å². The molecule has 1 atom stereocenters. The van der Waals surface area contributed by atoms with Crippen LogP contribution < -0.4 is 5.32 Å². The van der Waals surface area contributed by atoms with Crippen LogP contribution in [-0.2, 0) is 6.42 Å². The number of nitrogens with zero attached hydrogens (tertiary/aromatic N) is 2. The zero-order valence-electron chi connectivity index (χ0n) is 12.6. The molecule has 1 N–H and O–H groups in total. The first-order chi connectivity index (χ1) is 9.10. The molecule has 0 radical (unpaired) electrons. The number of likely N-dealkylation sites (N-methyl/N-ethyl adjacent to an activating group) is 1. The van der Waals surface area contributed by atoms with Crippen molar-refractivity contribution in [3.63, 3.8) is 0 Å². The number of nitrogens with one attached hydrogen (secondary N) is 1. The largest absolute Gasteiger partial charge is 0.445 e. The Kier molecular flexibility index (Phi) is 4.99. The van der Waals surface area contributed by atoms with Gasteiger partial charge in [-0.15, -0.1) is 0 Å². The van der Waals surface area contributed by atoms with Gasteiger partial charge in [-0.05, 0) is 53.8 Å². The molecule has 0 spiro atoms. The molecule has 1 aromatic heterocycles. The molecule has 1 unspecified atom stereocenters. The Morgan fingerprint density at radius 1 is 1.37 bits per heavy atom. The highest BCUT2D eigenvalue weighted by atomic mass is 16.4. The molecule has 108 valence electrons. The second-order valence-corrected chi connectivity index (χ2v) is 5.96. The highest BCUT2D eigenvalue weighted by Gasteiger charge is 2.25. The summed E-state index contributed by atoms with van der Waals surface area (Å²) < 4.78 is 5.92. The van der Waals surface area contributed by atoms with Crippen LogP contribution in [0.2, 0.25) is 0 Å². The third-order valence-corrected chi connectivity index (χ3v) is 4.18. The summed E-state index contributed by atoms with van der Waals surface area (Å²) in [6.07, 6.45) is 5.14. The van der Waals surface area contributed by atoms with Gasteiger partial charge in [-0.1, -0.05) is 0 Å². The van der Waals surface area contributed by atoms with Crippen LogP contribution in [0.1, 0.15) is 51.2 Å². The van der Waals surface area contributed by atoms with Crippen LogP contribution in [0.4, 0.5) is 0 Å². The van der Waals surface area contributed by atoms with E-state index in [0.29, 0.717) is 18.0 Å². The van der Waals surface area contributed by atoms with Gasteiger partial charge in [-0.25, -0.2) is 4.98 Å². The van der Waals surface area contributed by atoms with E-state index in [1.807, 2.05) is 13.2 Å². The van der Waals surface area contributed by atoms with Crippen LogP contribution >= 0.6 is 0 Å². The van der Waals surface area contributed by atoms with Crippen molar-refractivity contribution in [3.8, 4) is 0 Å². The molecule has 1 aliphatic rings. The third kappa shape index (κ3) is 3.80. The normalized spacial score (nSPS) is 20.1. The van der Waals surface area contributed by atoms with Crippen molar-refractivity contribution in [2.75, 3.05) is 20.1 Å². The first kappa shape index (κ1) is 14.5. The van der Waals surface area contributed by atoms with E-state index in [1.165, 1.54) is 12.8 Å². The summed E-state index contributed by atoms with van der Waals surface area (Å²) in [4.78, 5) is 7.02.